The molecule has 4 heteroatoms. The summed E-state index contributed by atoms with van der Waals surface area (Å²) in [4.78, 5) is 14.5. The molecule has 4 nitrogen and oxygen atoms in total. The monoisotopic (exact) mass is 266 g/mol. The Labute approximate surface area is 115 Å². The Morgan fingerprint density at radius 1 is 1.16 bits per heavy atom. The highest BCUT2D eigenvalue weighted by Gasteiger charge is 2.44. The van der Waals surface area contributed by atoms with Crippen LogP contribution in [-0.2, 0) is 4.79 Å². The lowest BCUT2D eigenvalue weighted by atomic mass is 9.71. The summed E-state index contributed by atoms with van der Waals surface area (Å²) in [6.45, 7) is 2.48. The number of piperidine rings is 2. The van der Waals surface area contributed by atoms with Gasteiger partial charge in [-0.05, 0) is 38.6 Å². The molecule has 3 fully saturated rings. The Balaban J connectivity index is 1.62. The van der Waals surface area contributed by atoms with Crippen LogP contribution in [-0.4, -0.2) is 47.2 Å². The Morgan fingerprint density at radius 3 is 2.79 bits per heavy atom. The first kappa shape index (κ1) is 13.4. The van der Waals surface area contributed by atoms with E-state index in [2.05, 4.69) is 5.32 Å². The van der Waals surface area contributed by atoms with Crippen LogP contribution in [0, 0.1) is 5.92 Å². The van der Waals surface area contributed by atoms with E-state index in [0.717, 1.165) is 58.2 Å². The first-order valence-electron chi connectivity index (χ1n) is 7.94. The van der Waals surface area contributed by atoms with Crippen LogP contribution in [0.3, 0.4) is 0 Å². The summed E-state index contributed by atoms with van der Waals surface area (Å²) >= 11 is 0. The Bertz CT molecular complexity index is 341. The molecule has 2 heterocycles. The highest BCUT2D eigenvalue weighted by molar-refractivity contribution is 5.82. The molecular formula is C15H26N2O2. The smallest absolute Gasteiger partial charge is 0.239 e. The van der Waals surface area contributed by atoms with Gasteiger partial charge in [0.25, 0.3) is 0 Å². The molecule has 3 unspecified atom stereocenters. The molecule has 1 amide bonds. The maximum Gasteiger partial charge on any atom is 0.239 e. The van der Waals surface area contributed by atoms with Gasteiger partial charge in [0.1, 0.15) is 0 Å². The fourth-order valence-electron chi connectivity index (χ4n) is 4.05. The molecule has 3 atom stereocenters. The third-order valence-corrected chi connectivity index (χ3v) is 5.35. The third kappa shape index (κ3) is 2.65. The van der Waals surface area contributed by atoms with Crippen LogP contribution in [0.15, 0.2) is 0 Å². The summed E-state index contributed by atoms with van der Waals surface area (Å²) in [7, 11) is 0. The largest absolute Gasteiger partial charge is 0.389 e. The molecule has 1 saturated carbocycles. The molecule has 2 saturated heterocycles. The summed E-state index contributed by atoms with van der Waals surface area (Å²) in [5.74, 6) is 0.579. The second-order valence-corrected chi connectivity index (χ2v) is 6.58. The van der Waals surface area contributed by atoms with Crippen LogP contribution in [0.5, 0.6) is 0 Å². The normalized spacial score (nSPS) is 39.7. The Kier molecular flexibility index (Phi) is 3.81. The summed E-state index contributed by atoms with van der Waals surface area (Å²) in [6.07, 6.45) is 8.46. The summed E-state index contributed by atoms with van der Waals surface area (Å²) in [6, 6.07) is 0.0310. The van der Waals surface area contributed by atoms with Crippen LogP contribution in [0.25, 0.3) is 0 Å². The van der Waals surface area contributed by atoms with Gasteiger partial charge in [0, 0.05) is 19.0 Å². The number of nitrogens with one attached hydrogen (secondary N) is 1. The van der Waals surface area contributed by atoms with Gasteiger partial charge in [-0.2, -0.15) is 0 Å². The fraction of sp³-hybridized carbons (Fsp3) is 0.933. The summed E-state index contributed by atoms with van der Waals surface area (Å²) in [5, 5.41) is 14.0. The molecule has 0 spiro atoms. The number of fused-ring (bicyclic) bond motifs is 1. The minimum Gasteiger partial charge on any atom is -0.389 e. The van der Waals surface area contributed by atoms with Crippen LogP contribution in [0.2, 0.25) is 0 Å². The molecule has 0 aromatic carbocycles. The van der Waals surface area contributed by atoms with Gasteiger partial charge in [0.2, 0.25) is 5.91 Å². The first-order valence-corrected chi connectivity index (χ1v) is 7.94. The van der Waals surface area contributed by atoms with Crippen molar-refractivity contribution in [1.29, 1.82) is 0 Å². The van der Waals surface area contributed by atoms with Gasteiger partial charge in [0.15, 0.2) is 0 Å². The number of hydrogen-bond donors (Lipinski definition) is 2. The van der Waals surface area contributed by atoms with Crippen LogP contribution >= 0.6 is 0 Å². The predicted octanol–water partition coefficient (Wildman–Crippen LogP) is 1.28. The van der Waals surface area contributed by atoms with E-state index in [9.17, 15) is 9.90 Å². The molecule has 3 rings (SSSR count). The minimum absolute atomic E-state index is 0.0310. The van der Waals surface area contributed by atoms with Gasteiger partial charge >= 0.3 is 0 Å². The number of carbonyl (C=O) groups is 1. The average Bonchev–Trinajstić information content (AvgIpc) is 2.46. The van der Waals surface area contributed by atoms with E-state index < -0.39 is 5.60 Å². The van der Waals surface area contributed by atoms with Gasteiger partial charge in [-0.25, -0.2) is 0 Å². The molecule has 0 bridgehead atoms. The van der Waals surface area contributed by atoms with Crippen molar-refractivity contribution in [2.24, 2.45) is 5.92 Å². The first-order chi connectivity index (χ1) is 9.19. The van der Waals surface area contributed by atoms with E-state index >= 15 is 0 Å². The quantitative estimate of drug-likeness (QED) is 0.752. The predicted molar refractivity (Wildman–Crippen MR) is 73.7 cm³/mol. The van der Waals surface area contributed by atoms with Crippen LogP contribution in [0.4, 0.5) is 0 Å². The Morgan fingerprint density at radius 2 is 2.00 bits per heavy atom. The van der Waals surface area contributed by atoms with Gasteiger partial charge in [-0.15, -0.1) is 0 Å². The van der Waals surface area contributed by atoms with Crippen LogP contribution in [0.1, 0.15) is 51.4 Å². The van der Waals surface area contributed by atoms with Crippen LogP contribution < -0.4 is 5.32 Å². The molecule has 3 aliphatic rings. The van der Waals surface area contributed by atoms with E-state index in [0.29, 0.717) is 5.92 Å². The number of rotatable bonds is 1. The standard InChI is InChI=1S/C15H26N2O2/c18-14(13-6-2-4-9-16-13)17-10-8-15(19)7-3-1-5-12(15)11-17/h12-13,16,19H,1-11H2. The molecular weight excluding hydrogens is 240 g/mol. The summed E-state index contributed by atoms with van der Waals surface area (Å²) < 4.78 is 0. The molecule has 0 aromatic heterocycles. The van der Waals surface area contributed by atoms with Crippen molar-refractivity contribution in [2.45, 2.75) is 63.0 Å². The van der Waals surface area contributed by atoms with Crippen molar-refractivity contribution in [2.75, 3.05) is 19.6 Å². The minimum atomic E-state index is -0.477. The average molecular weight is 266 g/mol. The maximum atomic E-state index is 12.5. The molecule has 1 aliphatic carbocycles. The van der Waals surface area contributed by atoms with E-state index in [1.54, 1.807) is 0 Å². The SMILES string of the molecule is O=C(C1CCCCN1)N1CCC2(O)CCCCC2C1. The van der Waals surface area contributed by atoms with Crippen molar-refractivity contribution >= 4 is 5.91 Å². The highest BCUT2D eigenvalue weighted by atomic mass is 16.3. The second kappa shape index (κ2) is 5.41. The third-order valence-electron chi connectivity index (χ3n) is 5.35. The zero-order valence-corrected chi connectivity index (χ0v) is 11.7. The fourth-order valence-corrected chi connectivity index (χ4v) is 4.05. The van der Waals surface area contributed by atoms with Crippen molar-refractivity contribution in [3.63, 3.8) is 0 Å². The van der Waals surface area contributed by atoms with Crippen molar-refractivity contribution < 1.29 is 9.90 Å². The summed E-state index contributed by atoms with van der Waals surface area (Å²) in [5.41, 5.74) is -0.477. The van der Waals surface area contributed by atoms with Crippen molar-refractivity contribution in [3.8, 4) is 0 Å². The number of amides is 1. The van der Waals surface area contributed by atoms with Crippen molar-refractivity contribution in [3.05, 3.63) is 0 Å². The zero-order valence-electron chi connectivity index (χ0n) is 11.7. The van der Waals surface area contributed by atoms with Gasteiger partial charge in [0.05, 0.1) is 11.6 Å². The Hall–Kier alpha value is -0.610. The lowest BCUT2D eigenvalue weighted by Crippen LogP contribution is -2.58. The highest BCUT2D eigenvalue weighted by Crippen LogP contribution is 2.39. The second-order valence-electron chi connectivity index (χ2n) is 6.58. The lowest BCUT2D eigenvalue weighted by Gasteiger charge is -2.48. The topological polar surface area (TPSA) is 52.6 Å². The molecule has 2 aliphatic heterocycles. The van der Waals surface area contributed by atoms with Gasteiger partial charge in [-0.3, -0.25) is 4.79 Å². The lowest BCUT2D eigenvalue weighted by molar-refractivity contribution is -0.145. The number of nitrogens with zero attached hydrogens (tertiary/aromatic N) is 1. The number of aliphatic hydroxyl groups is 1. The molecule has 108 valence electrons. The van der Waals surface area contributed by atoms with E-state index in [1.807, 2.05) is 4.90 Å². The van der Waals surface area contributed by atoms with E-state index in [4.69, 9.17) is 0 Å². The molecule has 0 radical (unpaired) electrons. The van der Waals surface area contributed by atoms with E-state index in [1.165, 1.54) is 12.8 Å². The molecule has 2 N–H and O–H groups in total. The molecule has 0 aromatic rings. The van der Waals surface area contributed by atoms with Gasteiger partial charge < -0.3 is 15.3 Å². The molecule has 19 heavy (non-hydrogen) atoms. The maximum absolute atomic E-state index is 12.5. The van der Waals surface area contributed by atoms with Gasteiger partial charge in [-0.1, -0.05) is 19.3 Å². The number of carbonyl (C=O) groups excluding carboxylic acids is 1. The van der Waals surface area contributed by atoms with Crippen molar-refractivity contribution in [1.82, 2.24) is 10.2 Å². The number of likely N-dealkylation sites (tertiary alicyclic amines) is 1. The zero-order chi connectivity index (χ0) is 13.3. The van der Waals surface area contributed by atoms with E-state index in [-0.39, 0.29) is 11.9 Å². The number of hydrogen-bond acceptors (Lipinski definition) is 3.